The Morgan fingerprint density at radius 1 is 1.31 bits per heavy atom. The third kappa shape index (κ3) is 3.01. The van der Waals surface area contributed by atoms with Crippen molar-refractivity contribution in [2.45, 2.75) is 18.9 Å². The Morgan fingerprint density at radius 3 is 1.94 bits per heavy atom. The third-order valence-electron chi connectivity index (χ3n) is 1.64. The number of rotatable bonds is 4. The van der Waals surface area contributed by atoms with Gasteiger partial charge in [0.05, 0.1) is 0 Å². The second kappa shape index (κ2) is 4.41. The topological polar surface area (TPSA) is 141 Å². The minimum atomic E-state index is -5.34. The van der Waals surface area contributed by atoms with Crippen molar-refractivity contribution in [1.29, 1.82) is 0 Å². The van der Waals surface area contributed by atoms with Crippen LogP contribution in [0.3, 0.4) is 0 Å². The van der Waals surface area contributed by atoms with E-state index in [0.29, 0.717) is 6.92 Å². The molecule has 0 aromatic heterocycles. The van der Waals surface area contributed by atoms with Gasteiger partial charge in [0.1, 0.15) is 0 Å². The number of carbonyl (C=O) groups excluding carboxylic acids is 1. The zero-order valence-corrected chi connectivity index (χ0v) is 10.3. The molecule has 0 aromatic carbocycles. The number of aliphatic hydroxyl groups is 1. The highest BCUT2D eigenvalue weighted by Crippen LogP contribution is 2.69. The highest BCUT2D eigenvalue weighted by atomic mass is 31.2. The summed E-state index contributed by atoms with van der Waals surface area (Å²) in [6, 6.07) is 0. The summed E-state index contributed by atoms with van der Waals surface area (Å²) in [5.74, 6) is -1.33. The molecule has 0 aromatic rings. The molecule has 0 rings (SSSR count). The van der Waals surface area contributed by atoms with Gasteiger partial charge in [0, 0.05) is 5.57 Å². The third-order valence-corrected chi connectivity index (χ3v) is 5.77. The smallest absolute Gasteiger partial charge is 0.386 e. The highest BCUT2D eigenvalue weighted by molar-refractivity contribution is 7.72. The van der Waals surface area contributed by atoms with Crippen molar-refractivity contribution in [3.63, 3.8) is 0 Å². The molecule has 0 heterocycles. The van der Waals surface area contributed by atoms with E-state index < -0.39 is 26.2 Å². The normalized spacial score (nSPS) is 19.4. The van der Waals surface area contributed by atoms with Crippen molar-refractivity contribution in [1.82, 2.24) is 0 Å². The molecule has 0 saturated heterocycles. The van der Waals surface area contributed by atoms with Gasteiger partial charge in [0.25, 0.3) is 5.08 Å². The van der Waals surface area contributed by atoms with E-state index in [1.54, 1.807) is 0 Å². The molecule has 0 bridgehead atoms. The summed E-state index contributed by atoms with van der Waals surface area (Å²) in [7, 11) is -10.6. The van der Waals surface area contributed by atoms with Crippen molar-refractivity contribution in [3.8, 4) is 0 Å². The molecule has 0 fully saturated rings. The largest absolute Gasteiger partial charge is 0.422 e. The van der Waals surface area contributed by atoms with Gasteiger partial charge in [-0.15, -0.1) is 0 Å². The fraction of sp³-hybridized carbons (Fsp3) is 0.500. The van der Waals surface area contributed by atoms with Crippen molar-refractivity contribution in [3.05, 3.63) is 12.2 Å². The van der Waals surface area contributed by atoms with E-state index in [1.807, 2.05) is 0 Å². The minimum Gasteiger partial charge on any atom is -0.386 e. The first-order valence-corrected chi connectivity index (χ1v) is 7.02. The second-order valence-electron chi connectivity index (χ2n) is 3.19. The molecule has 10 heteroatoms. The maximum Gasteiger partial charge on any atom is 0.422 e. The predicted molar refractivity (Wildman–Crippen MR) is 53.4 cm³/mol. The average molecular weight is 274 g/mol. The van der Waals surface area contributed by atoms with Crippen LogP contribution >= 0.6 is 15.2 Å². The van der Waals surface area contributed by atoms with Crippen LogP contribution < -0.4 is 0 Å². The van der Waals surface area contributed by atoms with Crippen LogP contribution in [0.1, 0.15) is 13.8 Å². The molecule has 8 nitrogen and oxygen atoms in total. The zero-order chi connectivity index (χ0) is 13.4. The summed E-state index contributed by atoms with van der Waals surface area (Å²) in [5.41, 5.74) is -0.254. The van der Waals surface area contributed by atoms with Crippen LogP contribution in [0.5, 0.6) is 0 Å². The van der Waals surface area contributed by atoms with Crippen LogP contribution in [-0.2, 0) is 18.4 Å². The van der Waals surface area contributed by atoms with Crippen molar-refractivity contribution in [2.24, 2.45) is 0 Å². The molecule has 4 N–H and O–H groups in total. The summed E-state index contributed by atoms with van der Waals surface area (Å²) in [6.07, 6.45) is 0. The SMILES string of the molecule is C=C(C)C(=O)OP(=O)(O)C(C)(O)P(=O)(O)O. The van der Waals surface area contributed by atoms with Crippen LogP contribution in [-0.4, -0.2) is 30.8 Å². The molecule has 2 unspecified atom stereocenters. The lowest BCUT2D eigenvalue weighted by Crippen LogP contribution is -2.26. The first-order chi connectivity index (χ1) is 6.83. The Labute approximate surface area is 91.3 Å². The number of carbonyl (C=O) groups is 1. The molecular formula is C6H12O8P2. The Morgan fingerprint density at radius 2 is 1.69 bits per heavy atom. The number of hydrogen-bond acceptors (Lipinski definition) is 5. The predicted octanol–water partition coefficient (Wildman–Crippen LogP) is 0.135. The van der Waals surface area contributed by atoms with Crippen molar-refractivity contribution < 1.29 is 38.2 Å². The Balaban J connectivity index is 5.24. The van der Waals surface area contributed by atoms with Crippen LogP contribution in [0.2, 0.25) is 0 Å². The second-order valence-corrected chi connectivity index (χ2v) is 7.60. The molecular weight excluding hydrogens is 262 g/mol. The van der Waals surface area contributed by atoms with Crippen LogP contribution in [0.25, 0.3) is 0 Å². The lowest BCUT2D eigenvalue weighted by molar-refractivity contribution is -0.131. The van der Waals surface area contributed by atoms with Crippen LogP contribution in [0.15, 0.2) is 12.2 Å². The first-order valence-electron chi connectivity index (χ1n) is 3.83. The van der Waals surface area contributed by atoms with Gasteiger partial charge in [-0.1, -0.05) is 6.58 Å². The maximum absolute atomic E-state index is 11.3. The zero-order valence-electron chi connectivity index (χ0n) is 8.52. The standard InChI is InChI=1S/C6H12O8P2/c1-4(2)5(7)14-16(12,13)6(3,8)15(9,10)11/h8H,1H2,2-3H3,(H,12,13)(H2,9,10,11). The van der Waals surface area contributed by atoms with Gasteiger partial charge in [-0.05, 0) is 13.8 Å². The molecule has 2 atom stereocenters. The van der Waals surface area contributed by atoms with Crippen LogP contribution in [0.4, 0.5) is 0 Å². The molecule has 94 valence electrons. The van der Waals surface area contributed by atoms with Gasteiger partial charge in [-0.2, -0.15) is 0 Å². The maximum atomic E-state index is 11.3. The van der Waals surface area contributed by atoms with E-state index in [2.05, 4.69) is 11.1 Å². The Hall–Kier alpha value is -0.490. The van der Waals surface area contributed by atoms with Gasteiger partial charge >= 0.3 is 21.2 Å². The highest BCUT2D eigenvalue weighted by Gasteiger charge is 2.58. The summed E-state index contributed by atoms with van der Waals surface area (Å²) in [4.78, 5) is 37.3. The molecule has 0 amide bonds. The lowest BCUT2D eigenvalue weighted by Gasteiger charge is -2.27. The van der Waals surface area contributed by atoms with E-state index in [-0.39, 0.29) is 5.57 Å². The molecule has 0 aliphatic heterocycles. The summed E-state index contributed by atoms with van der Waals surface area (Å²) in [5, 5.41) is 5.87. The lowest BCUT2D eigenvalue weighted by atomic mass is 10.4. The quantitative estimate of drug-likeness (QED) is 0.418. The Bertz CT molecular complexity index is 405. The molecule has 0 aliphatic rings. The number of hydrogen-bond donors (Lipinski definition) is 4. The van der Waals surface area contributed by atoms with Gasteiger partial charge in [0.2, 0.25) is 0 Å². The van der Waals surface area contributed by atoms with E-state index >= 15 is 0 Å². The van der Waals surface area contributed by atoms with Gasteiger partial charge in [0.15, 0.2) is 0 Å². The van der Waals surface area contributed by atoms with Crippen molar-refractivity contribution >= 4 is 21.2 Å². The van der Waals surface area contributed by atoms with E-state index in [1.165, 1.54) is 0 Å². The Kier molecular flexibility index (Phi) is 4.27. The summed E-state index contributed by atoms with van der Waals surface area (Å²) >= 11 is 0. The summed E-state index contributed by atoms with van der Waals surface area (Å²) < 4.78 is 26.0. The molecule has 0 saturated carbocycles. The average Bonchev–Trinajstić information content (AvgIpc) is 2.00. The van der Waals surface area contributed by atoms with E-state index in [0.717, 1.165) is 6.92 Å². The molecule has 16 heavy (non-hydrogen) atoms. The molecule has 0 spiro atoms. The fourth-order valence-corrected chi connectivity index (χ4v) is 2.43. The van der Waals surface area contributed by atoms with Gasteiger partial charge in [-0.25, -0.2) is 9.36 Å². The fourth-order valence-electron chi connectivity index (χ4n) is 0.441. The monoisotopic (exact) mass is 274 g/mol. The van der Waals surface area contributed by atoms with Crippen molar-refractivity contribution in [2.75, 3.05) is 0 Å². The van der Waals surface area contributed by atoms with Gasteiger partial charge in [-0.3, -0.25) is 4.57 Å². The summed E-state index contributed by atoms with van der Waals surface area (Å²) in [6.45, 7) is 4.67. The minimum absolute atomic E-state index is 0.254. The van der Waals surface area contributed by atoms with E-state index in [4.69, 9.17) is 14.7 Å². The van der Waals surface area contributed by atoms with Crippen LogP contribution in [0, 0.1) is 0 Å². The molecule has 0 aliphatic carbocycles. The van der Waals surface area contributed by atoms with E-state index in [9.17, 15) is 19.0 Å². The first kappa shape index (κ1) is 15.5. The molecule has 0 radical (unpaired) electrons. The van der Waals surface area contributed by atoms with Gasteiger partial charge < -0.3 is 24.3 Å².